The molecule has 122 valence electrons. The number of primary amides is 1. The van der Waals surface area contributed by atoms with Crippen molar-refractivity contribution in [2.75, 3.05) is 11.4 Å². The van der Waals surface area contributed by atoms with Crippen LogP contribution >= 0.6 is 0 Å². The van der Waals surface area contributed by atoms with Gasteiger partial charge in [-0.15, -0.1) is 0 Å². The minimum atomic E-state index is -0.512. The molecule has 0 radical (unpaired) electrons. The van der Waals surface area contributed by atoms with Crippen LogP contribution in [0.2, 0.25) is 0 Å². The van der Waals surface area contributed by atoms with E-state index in [4.69, 9.17) is 10.3 Å². The second kappa shape index (κ2) is 7.04. The standard InChI is InChI=1S/C16H18FN3O3/c1-10-14(11(2)23-19-10)9-16(22)20(8-7-15(18)21)13-5-3-12(17)4-6-13/h3-6H,7-9H2,1-2H3,(H2,18,21). The lowest BCUT2D eigenvalue weighted by Gasteiger charge is -2.22. The van der Waals surface area contributed by atoms with Gasteiger partial charge in [0.15, 0.2) is 0 Å². The van der Waals surface area contributed by atoms with E-state index in [-0.39, 0.29) is 25.3 Å². The van der Waals surface area contributed by atoms with Gasteiger partial charge in [0.05, 0.1) is 12.1 Å². The molecule has 23 heavy (non-hydrogen) atoms. The van der Waals surface area contributed by atoms with Crippen LogP contribution in [0.1, 0.15) is 23.4 Å². The van der Waals surface area contributed by atoms with Crippen molar-refractivity contribution in [2.24, 2.45) is 5.73 Å². The molecule has 0 unspecified atom stereocenters. The lowest BCUT2D eigenvalue weighted by molar-refractivity contribution is -0.118. The number of benzene rings is 1. The molecule has 2 amide bonds. The SMILES string of the molecule is Cc1noc(C)c1CC(=O)N(CCC(N)=O)c1ccc(F)cc1. The second-order valence-corrected chi connectivity index (χ2v) is 5.22. The Balaban J connectivity index is 2.23. The summed E-state index contributed by atoms with van der Waals surface area (Å²) in [5, 5.41) is 3.82. The molecule has 0 fully saturated rings. The van der Waals surface area contributed by atoms with Gasteiger partial charge in [0.25, 0.3) is 0 Å². The fourth-order valence-electron chi connectivity index (χ4n) is 2.24. The third-order valence-corrected chi connectivity index (χ3v) is 3.53. The lowest BCUT2D eigenvalue weighted by atomic mass is 10.1. The summed E-state index contributed by atoms with van der Waals surface area (Å²) >= 11 is 0. The summed E-state index contributed by atoms with van der Waals surface area (Å²) in [6.07, 6.45) is 0.0992. The summed E-state index contributed by atoms with van der Waals surface area (Å²) < 4.78 is 18.1. The minimum Gasteiger partial charge on any atom is -0.370 e. The van der Waals surface area contributed by atoms with Crippen LogP contribution in [0.15, 0.2) is 28.8 Å². The Labute approximate surface area is 133 Å². The number of carbonyl (C=O) groups is 2. The average molecular weight is 319 g/mol. The molecule has 1 heterocycles. The molecule has 0 saturated carbocycles. The van der Waals surface area contributed by atoms with Crippen LogP contribution in [0.3, 0.4) is 0 Å². The summed E-state index contributed by atoms with van der Waals surface area (Å²) in [5.41, 5.74) is 7.02. The molecule has 0 aliphatic rings. The molecule has 1 aromatic heterocycles. The predicted octanol–water partition coefficient (Wildman–Crippen LogP) is 1.88. The van der Waals surface area contributed by atoms with E-state index >= 15 is 0 Å². The number of nitrogens with two attached hydrogens (primary N) is 1. The summed E-state index contributed by atoms with van der Waals surface area (Å²) in [4.78, 5) is 25.1. The van der Waals surface area contributed by atoms with E-state index in [0.29, 0.717) is 22.7 Å². The van der Waals surface area contributed by atoms with E-state index in [0.717, 1.165) is 0 Å². The molecule has 0 spiro atoms. The Morgan fingerprint density at radius 2 is 1.91 bits per heavy atom. The zero-order chi connectivity index (χ0) is 17.0. The van der Waals surface area contributed by atoms with Gasteiger partial charge in [-0.2, -0.15) is 0 Å². The van der Waals surface area contributed by atoms with Crippen molar-refractivity contribution < 1.29 is 18.5 Å². The highest BCUT2D eigenvalue weighted by Gasteiger charge is 2.20. The van der Waals surface area contributed by atoms with E-state index in [1.54, 1.807) is 13.8 Å². The van der Waals surface area contributed by atoms with Crippen molar-refractivity contribution in [1.82, 2.24) is 5.16 Å². The van der Waals surface area contributed by atoms with Gasteiger partial charge in [-0.05, 0) is 38.1 Å². The summed E-state index contributed by atoms with van der Waals surface area (Å²) in [6, 6.07) is 5.49. The number of anilines is 1. The summed E-state index contributed by atoms with van der Waals surface area (Å²) in [6.45, 7) is 3.61. The molecule has 6 nitrogen and oxygen atoms in total. The molecule has 0 aliphatic carbocycles. The fourth-order valence-corrected chi connectivity index (χ4v) is 2.24. The van der Waals surface area contributed by atoms with E-state index in [9.17, 15) is 14.0 Å². The first-order valence-corrected chi connectivity index (χ1v) is 7.14. The fraction of sp³-hybridized carbons (Fsp3) is 0.312. The number of halogens is 1. The molecule has 0 bridgehead atoms. The van der Waals surface area contributed by atoms with Crippen molar-refractivity contribution >= 4 is 17.5 Å². The van der Waals surface area contributed by atoms with Crippen LogP contribution in [-0.2, 0) is 16.0 Å². The van der Waals surface area contributed by atoms with Crippen molar-refractivity contribution in [1.29, 1.82) is 0 Å². The highest BCUT2D eigenvalue weighted by Crippen LogP contribution is 2.19. The topological polar surface area (TPSA) is 89.4 Å². The highest BCUT2D eigenvalue weighted by atomic mass is 19.1. The van der Waals surface area contributed by atoms with Gasteiger partial charge in [-0.1, -0.05) is 5.16 Å². The number of carbonyl (C=O) groups excluding carboxylic acids is 2. The van der Waals surface area contributed by atoms with Crippen LogP contribution < -0.4 is 10.6 Å². The maximum atomic E-state index is 13.1. The maximum absolute atomic E-state index is 13.1. The third-order valence-electron chi connectivity index (χ3n) is 3.53. The Bertz CT molecular complexity index is 690. The van der Waals surface area contributed by atoms with Crippen molar-refractivity contribution in [2.45, 2.75) is 26.7 Å². The first-order chi connectivity index (χ1) is 10.9. The molecular formula is C16H18FN3O3. The lowest BCUT2D eigenvalue weighted by Crippen LogP contribution is -2.35. The smallest absolute Gasteiger partial charge is 0.231 e. The van der Waals surface area contributed by atoms with Gasteiger partial charge in [0.2, 0.25) is 11.8 Å². The number of hydrogen-bond donors (Lipinski definition) is 1. The van der Waals surface area contributed by atoms with Crippen LogP contribution in [-0.4, -0.2) is 23.5 Å². The molecule has 2 N–H and O–H groups in total. The highest BCUT2D eigenvalue weighted by molar-refractivity contribution is 5.95. The number of rotatable bonds is 6. The number of nitrogens with zero attached hydrogens (tertiary/aromatic N) is 2. The van der Waals surface area contributed by atoms with Gasteiger partial charge in [0, 0.05) is 24.2 Å². The second-order valence-electron chi connectivity index (χ2n) is 5.22. The Morgan fingerprint density at radius 1 is 1.26 bits per heavy atom. The van der Waals surface area contributed by atoms with Crippen LogP contribution in [0.4, 0.5) is 10.1 Å². The molecule has 0 saturated heterocycles. The quantitative estimate of drug-likeness (QED) is 0.880. The summed E-state index contributed by atoms with van der Waals surface area (Å²) in [5.74, 6) is -0.582. The van der Waals surface area contributed by atoms with Gasteiger partial charge in [-0.25, -0.2) is 4.39 Å². The zero-order valence-corrected chi connectivity index (χ0v) is 13.0. The predicted molar refractivity (Wildman–Crippen MR) is 82.2 cm³/mol. The van der Waals surface area contributed by atoms with Crippen molar-refractivity contribution in [3.05, 3.63) is 47.1 Å². The number of aromatic nitrogens is 1. The van der Waals surface area contributed by atoms with E-state index in [1.165, 1.54) is 29.2 Å². The van der Waals surface area contributed by atoms with Crippen LogP contribution in [0, 0.1) is 19.7 Å². The molecule has 2 rings (SSSR count). The minimum absolute atomic E-state index is 0.0186. The van der Waals surface area contributed by atoms with Crippen molar-refractivity contribution in [3.63, 3.8) is 0 Å². The van der Waals surface area contributed by atoms with E-state index in [1.807, 2.05) is 0 Å². The number of hydrogen-bond acceptors (Lipinski definition) is 4. The van der Waals surface area contributed by atoms with Gasteiger partial charge < -0.3 is 15.2 Å². The molecule has 0 atom stereocenters. The van der Waals surface area contributed by atoms with Crippen molar-refractivity contribution in [3.8, 4) is 0 Å². The van der Waals surface area contributed by atoms with Crippen LogP contribution in [0.25, 0.3) is 0 Å². The zero-order valence-electron chi connectivity index (χ0n) is 13.0. The molecule has 7 heteroatoms. The van der Waals surface area contributed by atoms with E-state index in [2.05, 4.69) is 5.16 Å². The maximum Gasteiger partial charge on any atom is 0.231 e. The Morgan fingerprint density at radius 3 is 2.43 bits per heavy atom. The van der Waals surface area contributed by atoms with Gasteiger partial charge in [-0.3, -0.25) is 9.59 Å². The molecular weight excluding hydrogens is 301 g/mol. The third kappa shape index (κ3) is 4.15. The number of aryl methyl sites for hydroxylation is 2. The first kappa shape index (κ1) is 16.7. The average Bonchev–Trinajstić information content (AvgIpc) is 2.81. The normalized spacial score (nSPS) is 10.6. The monoisotopic (exact) mass is 319 g/mol. The molecule has 0 aliphatic heterocycles. The van der Waals surface area contributed by atoms with E-state index < -0.39 is 11.7 Å². The van der Waals surface area contributed by atoms with Gasteiger partial charge in [0.1, 0.15) is 11.6 Å². The number of amides is 2. The largest absolute Gasteiger partial charge is 0.370 e. The molecule has 1 aromatic carbocycles. The Hall–Kier alpha value is -2.70. The van der Waals surface area contributed by atoms with Gasteiger partial charge >= 0.3 is 0 Å². The molecule has 2 aromatic rings. The Kier molecular flexibility index (Phi) is 5.10. The van der Waals surface area contributed by atoms with Crippen LogP contribution in [0.5, 0.6) is 0 Å². The summed E-state index contributed by atoms with van der Waals surface area (Å²) in [7, 11) is 0. The first-order valence-electron chi connectivity index (χ1n) is 7.14.